The number of carbonyl (C=O) groups excluding carboxylic acids is 2. The number of hydrogen-bond donors (Lipinski definition) is 1. The molecule has 7 nitrogen and oxygen atoms in total. The van der Waals surface area contributed by atoms with Gasteiger partial charge < -0.3 is 9.64 Å². The molecule has 2 aromatic carbocycles. The third kappa shape index (κ3) is 5.30. The Hall–Kier alpha value is -2.87. The highest BCUT2D eigenvalue weighted by Gasteiger charge is 2.21. The summed E-state index contributed by atoms with van der Waals surface area (Å²) in [7, 11) is -0.654. The van der Waals surface area contributed by atoms with Gasteiger partial charge in [-0.25, -0.2) is 13.2 Å². The summed E-state index contributed by atoms with van der Waals surface area (Å²) in [5.74, 6) is -1.04. The number of nitrogens with zero attached hydrogens (tertiary/aromatic N) is 1. The maximum absolute atomic E-state index is 12.4. The van der Waals surface area contributed by atoms with Crippen LogP contribution in [0.3, 0.4) is 0 Å². The highest BCUT2D eigenvalue weighted by molar-refractivity contribution is 7.92. The van der Waals surface area contributed by atoms with Crippen molar-refractivity contribution in [1.82, 2.24) is 4.90 Å². The molecule has 0 aromatic heterocycles. The maximum Gasteiger partial charge on any atom is 0.338 e. The first-order valence-electron chi connectivity index (χ1n) is 8.22. The monoisotopic (exact) mass is 390 g/mol. The minimum Gasteiger partial charge on any atom is -0.449 e. The normalized spacial score (nSPS) is 12.1. The van der Waals surface area contributed by atoms with Crippen molar-refractivity contribution in [2.24, 2.45) is 0 Å². The van der Waals surface area contributed by atoms with Gasteiger partial charge in [-0.1, -0.05) is 17.7 Å². The molecule has 0 aliphatic rings. The first kappa shape index (κ1) is 20.4. The van der Waals surface area contributed by atoms with Gasteiger partial charge in [-0.05, 0) is 50.2 Å². The van der Waals surface area contributed by atoms with E-state index in [2.05, 4.69) is 4.72 Å². The Morgan fingerprint density at radius 1 is 1.00 bits per heavy atom. The van der Waals surface area contributed by atoms with Crippen LogP contribution in [0.4, 0.5) is 5.69 Å². The number of rotatable bonds is 6. The number of carbonyl (C=O) groups is 2. The maximum atomic E-state index is 12.4. The van der Waals surface area contributed by atoms with E-state index in [-0.39, 0.29) is 16.4 Å². The van der Waals surface area contributed by atoms with Gasteiger partial charge >= 0.3 is 5.97 Å². The second-order valence-corrected chi connectivity index (χ2v) is 7.96. The first-order chi connectivity index (χ1) is 12.6. The van der Waals surface area contributed by atoms with Crippen LogP contribution in [0, 0.1) is 6.92 Å². The third-order valence-corrected chi connectivity index (χ3v) is 5.17. The fourth-order valence-corrected chi connectivity index (χ4v) is 3.31. The Kier molecular flexibility index (Phi) is 6.22. The SMILES string of the molecule is Cc1ccc(NS(=O)(=O)c2ccc(C(=O)O[C@@H](C)C(=O)N(C)C)cc2)cc1. The van der Waals surface area contributed by atoms with E-state index in [1.54, 1.807) is 38.4 Å². The van der Waals surface area contributed by atoms with Crippen LogP contribution >= 0.6 is 0 Å². The third-order valence-electron chi connectivity index (χ3n) is 3.78. The van der Waals surface area contributed by atoms with E-state index < -0.39 is 22.1 Å². The van der Waals surface area contributed by atoms with Gasteiger partial charge in [-0.15, -0.1) is 0 Å². The number of esters is 1. The fraction of sp³-hybridized carbons (Fsp3) is 0.263. The molecular weight excluding hydrogens is 368 g/mol. The second-order valence-electron chi connectivity index (χ2n) is 6.28. The van der Waals surface area contributed by atoms with Gasteiger partial charge in [0.1, 0.15) is 0 Å². The highest BCUT2D eigenvalue weighted by Crippen LogP contribution is 2.17. The Labute approximate surface area is 159 Å². The van der Waals surface area contributed by atoms with E-state index >= 15 is 0 Å². The van der Waals surface area contributed by atoms with Crippen molar-refractivity contribution in [3.8, 4) is 0 Å². The number of sulfonamides is 1. The predicted octanol–water partition coefficient (Wildman–Crippen LogP) is 2.43. The summed E-state index contributed by atoms with van der Waals surface area (Å²) in [6.07, 6.45) is -0.931. The molecule has 0 saturated heterocycles. The van der Waals surface area contributed by atoms with Gasteiger partial charge in [-0.2, -0.15) is 0 Å². The van der Waals surface area contributed by atoms with E-state index in [0.717, 1.165) is 5.56 Å². The quantitative estimate of drug-likeness (QED) is 0.765. The molecule has 0 aliphatic heterocycles. The van der Waals surface area contributed by atoms with Gasteiger partial charge in [0.2, 0.25) is 0 Å². The molecule has 8 heteroatoms. The van der Waals surface area contributed by atoms with Crippen LogP contribution in [0.25, 0.3) is 0 Å². The van der Waals surface area contributed by atoms with E-state index in [1.807, 2.05) is 6.92 Å². The van der Waals surface area contributed by atoms with Gasteiger partial charge in [0.05, 0.1) is 10.5 Å². The summed E-state index contributed by atoms with van der Waals surface area (Å²) >= 11 is 0. The summed E-state index contributed by atoms with van der Waals surface area (Å²) in [5.41, 5.74) is 1.62. The molecular formula is C19H22N2O5S. The Balaban J connectivity index is 2.10. The minimum atomic E-state index is -3.78. The van der Waals surface area contributed by atoms with Crippen molar-refractivity contribution >= 4 is 27.6 Å². The lowest BCUT2D eigenvalue weighted by Crippen LogP contribution is -2.34. The molecule has 144 valence electrons. The summed E-state index contributed by atoms with van der Waals surface area (Å²) < 4.78 is 32.4. The summed E-state index contributed by atoms with van der Waals surface area (Å²) in [6, 6.07) is 12.2. The zero-order valence-electron chi connectivity index (χ0n) is 15.6. The van der Waals surface area contributed by atoms with Crippen LogP contribution in [0.2, 0.25) is 0 Å². The number of hydrogen-bond acceptors (Lipinski definition) is 5. The Morgan fingerprint density at radius 2 is 1.56 bits per heavy atom. The lowest BCUT2D eigenvalue weighted by atomic mass is 10.2. The smallest absolute Gasteiger partial charge is 0.338 e. The second kappa shape index (κ2) is 8.22. The van der Waals surface area contributed by atoms with Crippen molar-refractivity contribution in [2.75, 3.05) is 18.8 Å². The summed E-state index contributed by atoms with van der Waals surface area (Å²) in [5, 5.41) is 0. The zero-order valence-corrected chi connectivity index (χ0v) is 16.4. The van der Waals surface area contributed by atoms with Crippen molar-refractivity contribution in [1.29, 1.82) is 0 Å². The van der Waals surface area contributed by atoms with Gasteiger partial charge in [0.15, 0.2) is 6.10 Å². The van der Waals surface area contributed by atoms with Gasteiger partial charge in [-0.3, -0.25) is 9.52 Å². The van der Waals surface area contributed by atoms with E-state index in [0.29, 0.717) is 5.69 Å². The molecule has 0 heterocycles. The molecule has 1 atom stereocenters. The highest BCUT2D eigenvalue weighted by atomic mass is 32.2. The van der Waals surface area contributed by atoms with Crippen LogP contribution < -0.4 is 4.72 Å². The molecule has 2 aromatic rings. The molecule has 0 aliphatic carbocycles. The molecule has 0 fully saturated rings. The van der Waals surface area contributed by atoms with Gasteiger partial charge in [0.25, 0.3) is 15.9 Å². The number of benzene rings is 2. The number of anilines is 1. The minimum absolute atomic E-state index is 0.0111. The van der Waals surface area contributed by atoms with Crippen molar-refractivity contribution in [3.05, 3.63) is 59.7 Å². The molecule has 2 rings (SSSR count). The van der Waals surface area contributed by atoms with E-state index in [4.69, 9.17) is 4.74 Å². The van der Waals surface area contributed by atoms with Crippen LogP contribution in [0.1, 0.15) is 22.8 Å². The average molecular weight is 390 g/mol. The van der Waals surface area contributed by atoms with Crippen LogP contribution in [-0.2, 0) is 19.6 Å². The molecule has 0 saturated carbocycles. The van der Waals surface area contributed by atoms with E-state index in [1.165, 1.54) is 36.1 Å². The summed E-state index contributed by atoms with van der Waals surface area (Å²) in [4.78, 5) is 25.2. The van der Waals surface area contributed by atoms with Crippen molar-refractivity contribution < 1.29 is 22.7 Å². The van der Waals surface area contributed by atoms with Crippen LogP contribution in [0.15, 0.2) is 53.4 Å². The molecule has 0 spiro atoms. The standard InChI is InChI=1S/C19H22N2O5S/c1-13-5-9-16(10-6-13)20-27(24,25)17-11-7-15(8-12-17)19(23)26-14(2)18(22)21(3)4/h5-12,14,20H,1-4H3/t14-/m0/s1. The predicted molar refractivity (Wildman–Crippen MR) is 102 cm³/mol. The number of likely N-dealkylation sites (N-methyl/N-ethyl adjacent to an activating group) is 1. The van der Waals surface area contributed by atoms with Crippen molar-refractivity contribution in [3.63, 3.8) is 0 Å². The number of ether oxygens (including phenoxy) is 1. The lowest BCUT2D eigenvalue weighted by Gasteiger charge is -2.17. The van der Waals surface area contributed by atoms with Crippen molar-refractivity contribution in [2.45, 2.75) is 24.8 Å². The molecule has 1 amide bonds. The number of amides is 1. The molecule has 1 N–H and O–H groups in total. The topological polar surface area (TPSA) is 92.8 Å². The molecule has 0 unspecified atom stereocenters. The molecule has 27 heavy (non-hydrogen) atoms. The first-order valence-corrected chi connectivity index (χ1v) is 9.70. The number of aryl methyl sites for hydroxylation is 1. The lowest BCUT2D eigenvalue weighted by molar-refractivity contribution is -0.137. The van der Waals surface area contributed by atoms with Gasteiger partial charge in [0, 0.05) is 19.8 Å². The van der Waals surface area contributed by atoms with Crippen LogP contribution in [0.5, 0.6) is 0 Å². The zero-order chi connectivity index (χ0) is 20.2. The largest absolute Gasteiger partial charge is 0.449 e. The number of nitrogens with one attached hydrogen (secondary N) is 1. The van der Waals surface area contributed by atoms with Crippen LogP contribution in [-0.4, -0.2) is 45.4 Å². The average Bonchev–Trinajstić information content (AvgIpc) is 2.62. The molecule has 0 bridgehead atoms. The fourth-order valence-electron chi connectivity index (χ4n) is 2.25. The van der Waals surface area contributed by atoms with E-state index in [9.17, 15) is 18.0 Å². The Bertz CT molecular complexity index is 920. The molecule has 0 radical (unpaired) electrons. The Morgan fingerprint density at radius 3 is 2.07 bits per heavy atom. The summed E-state index contributed by atoms with van der Waals surface area (Å²) in [6.45, 7) is 3.38.